The Hall–Kier alpha value is -2.41. The topological polar surface area (TPSA) is 101 Å². The molecule has 1 aromatic heterocycles. The largest absolute Gasteiger partial charge is 0.305 e. The highest BCUT2D eigenvalue weighted by Crippen LogP contribution is 2.23. The first-order valence-corrected chi connectivity index (χ1v) is 6.68. The number of amides is 1. The van der Waals surface area contributed by atoms with Crippen molar-refractivity contribution in [2.75, 3.05) is 5.32 Å². The van der Waals surface area contributed by atoms with Gasteiger partial charge in [-0.3, -0.25) is 20.0 Å². The second-order valence-corrected chi connectivity index (χ2v) is 4.81. The number of nitro benzene ring substituents is 1. The van der Waals surface area contributed by atoms with E-state index in [0.29, 0.717) is 5.82 Å². The summed E-state index contributed by atoms with van der Waals surface area (Å²) in [6.45, 7) is 2.03. The molecule has 0 fully saturated rings. The summed E-state index contributed by atoms with van der Waals surface area (Å²) in [5, 5.41) is 20.2. The highest BCUT2D eigenvalue weighted by Gasteiger charge is 2.16. The van der Waals surface area contributed by atoms with Crippen LogP contribution in [0.5, 0.6) is 0 Å². The predicted molar refractivity (Wildman–Crippen MR) is 78.6 cm³/mol. The number of nitrogens with one attached hydrogen (secondary N) is 2. The van der Waals surface area contributed by atoms with Crippen molar-refractivity contribution >= 4 is 29.0 Å². The molecule has 7 nitrogen and oxygen atoms in total. The maximum atomic E-state index is 12.1. The van der Waals surface area contributed by atoms with Crippen LogP contribution in [-0.2, 0) is 6.42 Å². The van der Waals surface area contributed by atoms with Gasteiger partial charge < -0.3 is 5.32 Å². The highest BCUT2D eigenvalue weighted by molar-refractivity contribution is 6.34. The van der Waals surface area contributed by atoms with E-state index < -0.39 is 10.8 Å². The van der Waals surface area contributed by atoms with Crippen LogP contribution in [0.25, 0.3) is 0 Å². The van der Waals surface area contributed by atoms with Crippen molar-refractivity contribution in [3.05, 3.63) is 50.7 Å². The van der Waals surface area contributed by atoms with Crippen molar-refractivity contribution < 1.29 is 9.72 Å². The molecular formula is C13H13ClN4O3. The summed E-state index contributed by atoms with van der Waals surface area (Å²) in [5.74, 6) is -0.190. The van der Waals surface area contributed by atoms with Crippen LogP contribution in [0.3, 0.4) is 0 Å². The number of nitrogens with zero attached hydrogens (tertiary/aromatic N) is 2. The second kappa shape index (κ2) is 6.36. The van der Waals surface area contributed by atoms with Crippen LogP contribution in [0.2, 0.25) is 5.02 Å². The van der Waals surface area contributed by atoms with Crippen LogP contribution in [0.15, 0.2) is 24.3 Å². The lowest BCUT2D eigenvalue weighted by Gasteiger charge is -2.04. The minimum absolute atomic E-state index is 0.0332. The molecule has 0 saturated heterocycles. The lowest BCUT2D eigenvalue weighted by molar-refractivity contribution is -0.384. The molecule has 8 heteroatoms. The molecule has 0 unspecified atom stereocenters. The number of H-pyrrole nitrogens is 1. The Bertz CT molecular complexity index is 684. The summed E-state index contributed by atoms with van der Waals surface area (Å²) < 4.78 is 0. The van der Waals surface area contributed by atoms with Gasteiger partial charge in [0.2, 0.25) is 0 Å². The third-order valence-electron chi connectivity index (χ3n) is 2.80. The summed E-state index contributed by atoms with van der Waals surface area (Å²) in [7, 11) is 0. The van der Waals surface area contributed by atoms with Crippen LogP contribution in [-0.4, -0.2) is 21.0 Å². The zero-order valence-electron chi connectivity index (χ0n) is 11.2. The Balaban J connectivity index is 2.19. The fourth-order valence-corrected chi connectivity index (χ4v) is 2.01. The number of aromatic amines is 1. The van der Waals surface area contributed by atoms with E-state index >= 15 is 0 Å². The van der Waals surface area contributed by atoms with Crippen LogP contribution < -0.4 is 5.32 Å². The van der Waals surface area contributed by atoms with E-state index in [1.807, 2.05) is 6.92 Å². The number of hydrogen-bond acceptors (Lipinski definition) is 4. The highest BCUT2D eigenvalue weighted by atomic mass is 35.5. The van der Waals surface area contributed by atoms with Gasteiger partial charge in [-0.2, -0.15) is 5.10 Å². The summed E-state index contributed by atoms with van der Waals surface area (Å²) in [5.41, 5.74) is 0.738. The lowest BCUT2D eigenvalue weighted by atomic mass is 10.2. The van der Waals surface area contributed by atoms with E-state index in [-0.39, 0.29) is 16.3 Å². The first-order valence-electron chi connectivity index (χ1n) is 6.31. The molecule has 21 heavy (non-hydrogen) atoms. The van der Waals surface area contributed by atoms with Crippen molar-refractivity contribution in [3.8, 4) is 0 Å². The van der Waals surface area contributed by atoms with E-state index in [1.165, 1.54) is 12.1 Å². The summed E-state index contributed by atoms with van der Waals surface area (Å²) in [4.78, 5) is 22.3. The van der Waals surface area contributed by atoms with Crippen molar-refractivity contribution in [1.29, 1.82) is 0 Å². The fourth-order valence-electron chi connectivity index (χ4n) is 1.81. The standard InChI is InChI=1S/C13H13ClN4O3/c1-2-3-8-6-12(17-16-8)15-13(19)10-7-9(18(20)21)4-5-11(10)14/h4-7H,2-3H2,1H3,(H2,15,16,17,19). The van der Waals surface area contributed by atoms with Gasteiger partial charge in [-0.1, -0.05) is 24.9 Å². The van der Waals surface area contributed by atoms with Gasteiger partial charge in [-0.15, -0.1) is 0 Å². The maximum absolute atomic E-state index is 12.1. The van der Waals surface area contributed by atoms with Crippen molar-refractivity contribution in [2.24, 2.45) is 0 Å². The van der Waals surface area contributed by atoms with Gasteiger partial charge in [-0.25, -0.2) is 0 Å². The lowest BCUT2D eigenvalue weighted by Crippen LogP contribution is -2.13. The number of carbonyl (C=O) groups is 1. The number of non-ortho nitro benzene ring substituents is 1. The molecule has 0 radical (unpaired) electrons. The van der Waals surface area contributed by atoms with E-state index in [0.717, 1.165) is 24.6 Å². The van der Waals surface area contributed by atoms with Crippen molar-refractivity contribution in [1.82, 2.24) is 10.2 Å². The zero-order chi connectivity index (χ0) is 15.4. The molecule has 2 N–H and O–H groups in total. The molecule has 2 aromatic rings. The number of aromatic nitrogens is 2. The Morgan fingerprint density at radius 2 is 2.24 bits per heavy atom. The van der Waals surface area contributed by atoms with Crippen LogP contribution in [0.1, 0.15) is 29.4 Å². The predicted octanol–water partition coefficient (Wildman–Crippen LogP) is 3.18. The minimum Gasteiger partial charge on any atom is -0.305 e. The molecule has 0 bridgehead atoms. The molecule has 0 aliphatic heterocycles. The Labute approximate surface area is 125 Å². The summed E-state index contributed by atoms with van der Waals surface area (Å²) >= 11 is 5.91. The molecule has 0 spiro atoms. The monoisotopic (exact) mass is 308 g/mol. The van der Waals surface area contributed by atoms with Crippen LogP contribution in [0.4, 0.5) is 11.5 Å². The molecule has 0 aliphatic rings. The number of halogens is 1. The average Bonchev–Trinajstić information content (AvgIpc) is 2.86. The van der Waals surface area contributed by atoms with E-state index in [9.17, 15) is 14.9 Å². The molecule has 1 heterocycles. The van der Waals surface area contributed by atoms with Gasteiger partial charge in [0.25, 0.3) is 11.6 Å². The summed E-state index contributed by atoms with van der Waals surface area (Å²) in [6, 6.07) is 5.42. The third-order valence-corrected chi connectivity index (χ3v) is 3.13. The zero-order valence-corrected chi connectivity index (χ0v) is 12.0. The smallest absolute Gasteiger partial charge is 0.270 e. The van der Waals surface area contributed by atoms with Crippen LogP contribution >= 0.6 is 11.6 Å². The molecule has 0 atom stereocenters. The first kappa shape index (κ1) is 15.0. The quantitative estimate of drug-likeness (QED) is 0.654. The molecule has 110 valence electrons. The van der Waals surface area contributed by atoms with Crippen molar-refractivity contribution in [2.45, 2.75) is 19.8 Å². The molecule has 1 amide bonds. The van der Waals surface area contributed by atoms with Gasteiger partial charge >= 0.3 is 0 Å². The van der Waals surface area contributed by atoms with E-state index in [4.69, 9.17) is 11.6 Å². The number of rotatable bonds is 5. The molecule has 2 rings (SSSR count). The fraction of sp³-hybridized carbons (Fsp3) is 0.231. The van der Waals surface area contributed by atoms with Crippen LogP contribution in [0, 0.1) is 10.1 Å². The van der Waals surface area contributed by atoms with Gasteiger partial charge in [0.15, 0.2) is 5.82 Å². The molecular weight excluding hydrogens is 296 g/mol. The molecule has 0 aliphatic carbocycles. The number of aryl methyl sites for hydroxylation is 1. The number of hydrogen-bond donors (Lipinski definition) is 2. The van der Waals surface area contributed by atoms with Gasteiger partial charge in [0.05, 0.1) is 15.5 Å². The average molecular weight is 309 g/mol. The molecule has 1 aromatic carbocycles. The van der Waals surface area contributed by atoms with E-state index in [1.54, 1.807) is 6.07 Å². The maximum Gasteiger partial charge on any atom is 0.270 e. The Morgan fingerprint density at radius 1 is 1.48 bits per heavy atom. The molecule has 0 saturated carbocycles. The second-order valence-electron chi connectivity index (χ2n) is 4.40. The number of nitro groups is 1. The number of carbonyl (C=O) groups excluding carboxylic acids is 1. The van der Waals surface area contributed by atoms with Gasteiger partial charge in [-0.05, 0) is 12.5 Å². The van der Waals surface area contributed by atoms with Crippen molar-refractivity contribution in [3.63, 3.8) is 0 Å². The van der Waals surface area contributed by atoms with Gasteiger partial charge in [0, 0.05) is 23.9 Å². The Morgan fingerprint density at radius 3 is 2.90 bits per heavy atom. The third kappa shape index (κ3) is 3.57. The first-order chi connectivity index (χ1) is 10.0. The number of anilines is 1. The minimum atomic E-state index is -0.582. The normalized spacial score (nSPS) is 10.4. The number of benzene rings is 1. The SMILES string of the molecule is CCCc1cc(NC(=O)c2cc([N+](=O)[O-])ccc2Cl)n[nH]1. The summed E-state index contributed by atoms with van der Waals surface area (Å²) in [6.07, 6.45) is 1.77. The Kier molecular flexibility index (Phi) is 4.54. The van der Waals surface area contributed by atoms with Gasteiger partial charge in [0.1, 0.15) is 0 Å². The van der Waals surface area contributed by atoms with E-state index in [2.05, 4.69) is 15.5 Å².